The molecule has 78 valence electrons. The van der Waals surface area contributed by atoms with Crippen molar-refractivity contribution < 1.29 is 14.7 Å². The average Bonchev–Trinajstić information content (AvgIpc) is 2.11. The number of aliphatic carboxylic acids is 1. The lowest BCUT2D eigenvalue weighted by molar-refractivity contribution is -0.137. The minimum atomic E-state index is -0.789. The number of urea groups is 1. The van der Waals surface area contributed by atoms with Gasteiger partial charge in [-0.2, -0.15) is 0 Å². The summed E-state index contributed by atoms with van der Waals surface area (Å²) in [5.41, 5.74) is 0. The van der Waals surface area contributed by atoms with E-state index in [1.54, 1.807) is 0 Å². The van der Waals surface area contributed by atoms with Crippen molar-refractivity contribution in [2.75, 3.05) is 6.54 Å². The third-order valence-electron chi connectivity index (χ3n) is 1.54. The maximum absolute atomic E-state index is 10.7. The van der Waals surface area contributed by atoms with Gasteiger partial charge in [0, 0.05) is 19.0 Å². The lowest BCUT2D eigenvalue weighted by Gasteiger charge is -2.02. The van der Waals surface area contributed by atoms with Gasteiger partial charge in [0.1, 0.15) is 0 Å². The summed E-state index contributed by atoms with van der Waals surface area (Å²) in [6.07, 6.45) is 7.17. The standard InChI is InChI=1S/C9H14N2O3/c1-2-10-9(14)11-7-5-3-4-6-8(12)13/h1H,3-7H2,(H,12,13)(H2,10,11,14). The van der Waals surface area contributed by atoms with Gasteiger partial charge < -0.3 is 10.4 Å². The Balaban J connectivity index is 3.18. The van der Waals surface area contributed by atoms with Crippen molar-refractivity contribution in [2.24, 2.45) is 0 Å². The molecule has 0 rings (SSSR count). The molecule has 0 radical (unpaired) electrons. The molecule has 0 bridgehead atoms. The van der Waals surface area contributed by atoms with Crippen LogP contribution in [0.5, 0.6) is 0 Å². The molecule has 0 spiro atoms. The highest BCUT2D eigenvalue weighted by Gasteiger charge is 1.98. The van der Waals surface area contributed by atoms with Crippen LogP contribution in [-0.4, -0.2) is 23.7 Å². The molecule has 0 saturated carbocycles. The second-order valence-electron chi connectivity index (χ2n) is 2.73. The fourth-order valence-corrected chi connectivity index (χ4v) is 0.890. The molecule has 2 amide bonds. The number of nitrogens with one attached hydrogen (secondary N) is 2. The number of hydrogen-bond acceptors (Lipinski definition) is 2. The van der Waals surface area contributed by atoms with E-state index in [4.69, 9.17) is 11.5 Å². The Morgan fingerprint density at radius 2 is 2.00 bits per heavy atom. The summed E-state index contributed by atoms with van der Waals surface area (Å²) in [6, 6.07) is 1.60. The molecule has 3 N–H and O–H groups in total. The van der Waals surface area contributed by atoms with Crippen LogP contribution in [0, 0.1) is 12.5 Å². The number of carboxylic acid groups (broad SMARTS) is 1. The van der Waals surface area contributed by atoms with Gasteiger partial charge in [0.05, 0.1) is 0 Å². The van der Waals surface area contributed by atoms with Crippen LogP contribution >= 0.6 is 0 Å². The van der Waals surface area contributed by atoms with Gasteiger partial charge in [-0.25, -0.2) is 4.79 Å². The Hall–Kier alpha value is -1.70. The largest absolute Gasteiger partial charge is 0.481 e. The first-order valence-corrected chi connectivity index (χ1v) is 4.38. The van der Waals surface area contributed by atoms with Crippen molar-refractivity contribution in [2.45, 2.75) is 25.7 Å². The number of terminal acetylenes is 1. The molecule has 0 aliphatic rings. The monoisotopic (exact) mass is 198 g/mol. The SMILES string of the molecule is C#CNC(=O)NCCCCCC(=O)O. The van der Waals surface area contributed by atoms with E-state index in [1.807, 2.05) is 6.04 Å². The van der Waals surface area contributed by atoms with Crippen LogP contribution < -0.4 is 10.6 Å². The fraction of sp³-hybridized carbons (Fsp3) is 0.556. The van der Waals surface area contributed by atoms with Gasteiger partial charge in [-0.1, -0.05) is 12.8 Å². The van der Waals surface area contributed by atoms with Crippen molar-refractivity contribution in [1.82, 2.24) is 10.6 Å². The summed E-state index contributed by atoms with van der Waals surface area (Å²) in [5.74, 6) is -0.789. The number of carboxylic acids is 1. The van der Waals surface area contributed by atoms with Crippen molar-refractivity contribution in [3.63, 3.8) is 0 Å². The van der Waals surface area contributed by atoms with E-state index in [1.165, 1.54) is 0 Å². The molecular formula is C9H14N2O3. The molecule has 0 unspecified atom stereocenters. The number of rotatable bonds is 6. The smallest absolute Gasteiger partial charge is 0.326 e. The van der Waals surface area contributed by atoms with Crippen LogP contribution in [-0.2, 0) is 4.79 Å². The van der Waals surface area contributed by atoms with Crippen LogP contribution in [0.2, 0.25) is 0 Å². The summed E-state index contributed by atoms with van der Waals surface area (Å²) < 4.78 is 0. The predicted octanol–water partition coefficient (Wildman–Crippen LogP) is 0.521. The number of carbonyl (C=O) groups is 2. The van der Waals surface area contributed by atoms with Gasteiger partial charge in [-0.3, -0.25) is 10.1 Å². The third kappa shape index (κ3) is 8.40. The summed E-state index contributed by atoms with van der Waals surface area (Å²) in [5, 5.41) is 13.0. The van der Waals surface area contributed by atoms with Crippen LogP contribution in [0.15, 0.2) is 0 Å². The second kappa shape index (κ2) is 7.92. The molecule has 5 nitrogen and oxygen atoms in total. The van der Waals surface area contributed by atoms with Crippen molar-refractivity contribution in [3.8, 4) is 12.5 Å². The van der Waals surface area contributed by atoms with E-state index in [0.29, 0.717) is 13.0 Å². The topological polar surface area (TPSA) is 78.4 Å². The zero-order valence-electron chi connectivity index (χ0n) is 7.88. The molecule has 5 heteroatoms. The maximum Gasteiger partial charge on any atom is 0.326 e. The van der Waals surface area contributed by atoms with E-state index >= 15 is 0 Å². The molecule has 14 heavy (non-hydrogen) atoms. The number of amides is 2. The molecule has 0 aromatic rings. The first kappa shape index (κ1) is 12.3. The Morgan fingerprint density at radius 3 is 2.57 bits per heavy atom. The first-order chi connectivity index (χ1) is 6.66. The van der Waals surface area contributed by atoms with E-state index < -0.39 is 12.0 Å². The number of hydrogen-bond donors (Lipinski definition) is 3. The molecule has 0 fully saturated rings. The molecule has 0 aromatic carbocycles. The lowest BCUT2D eigenvalue weighted by atomic mass is 10.2. The quantitative estimate of drug-likeness (QED) is 0.331. The number of carbonyl (C=O) groups excluding carboxylic acids is 1. The van der Waals surface area contributed by atoms with Crippen LogP contribution in [0.1, 0.15) is 25.7 Å². The summed E-state index contributed by atoms with van der Waals surface area (Å²) >= 11 is 0. The number of unbranched alkanes of at least 4 members (excludes halogenated alkanes) is 2. The minimum Gasteiger partial charge on any atom is -0.481 e. The van der Waals surface area contributed by atoms with Crippen LogP contribution in [0.3, 0.4) is 0 Å². The fourth-order valence-electron chi connectivity index (χ4n) is 0.890. The highest BCUT2D eigenvalue weighted by molar-refractivity contribution is 5.75. The molecule has 0 aliphatic carbocycles. The molecule has 0 saturated heterocycles. The normalized spacial score (nSPS) is 8.79. The summed E-state index contributed by atoms with van der Waals surface area (Å²) in [6.45, 7) is 0.507. The average molecular weight is 198 g/mol. The second-order valence-corrected chi connectivity index (χ2v) is 2.73. The zero-order valence-corrected chi connectivity index (χ0v) is 7.88. The molecule has 0 aromatic heterocycles. The van der Waals surface area contributed by atoms with Gasteiger partial charge in [0.25, 0.3) is 0 Å². The van der Waals surface area contributed by atoms with E-state index in [9.17, 15) is 9.59 Å². The van der Waals surface area contributed by atoms with Crippen LogP contribution in [0.4, 0.5) is 4.79 Å². The predicted molar refractivity (Wildman–Crippen MR) is 51.5 cm³/mol. The lowest BCUT2D eigenvalue weighted by Crippen LogP contribution is -2.32. The van der Waals surface area contributed by atoms with Gasteiger partial charge >= 0.3 is 12.0 Å². The molecule has 0 aliphatic heterocycles. The van der Waals surface area contributed by atoms with Crippen molar-refractivity contribution in [1.29, 1.82) is 0 Å². The van der Waals surface area contributed by atoms with Gasteiger partial charge in [-0.05, 0) is 12.8 Å². The minimum absolute atomic E-state index is 0.177. The Kier molecular flexibility index (Phi) is 6.96. The molecular weight excluding hydrogens is 184 g/mol. The van der Waals surface area contributed by atoms with E-state index in [-0.39, 0.29) is 6.42 Å². The highest BCUT2D eigenvalue weighted by atomic mass is 16.4. The Bertz CT molecular complexity index is 233. The van der Waals surface area contributed by atoms with E-state index in [0.717, 1.165) is 12.8 Å². The Morgan fingerprint density at radius 1 is 1.29 bits per heavy atom. The van der Waals surface area contributed by atoms with Gasteiger partial charge in [0.15, 0.2) is 0 Å². The van der Waals surface area contributed by atoms with Crippen molar-refractivity contribution >= 4 is 12.0 Å². The molecule has 0 heterocycles. The van der Waals surface area contributed by atoms with Gasteiger partial charge in [-0.15, -0.1) is 0 Å². The summed E-state index contributed by atoms with van der Waals surface area (Å²) in [7, 11) is 0. The molecule has 0 atom stereocenters. The van der Waals surface area contributed by atoms with Crippen LogP contribution in [0.25, 0.3) is 0 Å². The summed E-state index contributed by atoms with van der Waals surface area (Å²) in [4.78, 5) is 20.8. The maximum atomic E-state index is 10.7. The Labute approximate surface area is 82.9 Å². The zero-order chi connectivity index (χ0) is 10.8. The first-order valence-electron chi connectivity index (χ1n) is 4.38. The third-order valence-corrected chi connectivity index (χ3v) is 1.54. The van der Waals surface area contributed by atoms with Crippen molar-refractivity contribution in [3.05, 3.63) is 0 Å². The highest BCUT2D eigenvalue weighted by Crippen LogP contribution is 1.98. The van der Waals surface area contributed by atoms with E-state index in [2.05, 4.69) is 10.6 Å². The van der Waals surface area contributed by atoms with Gasteiger partial charge in [0.2, 0.25) is 0 Å².